The molecule has 0 aliphatic carbocycles. The standard InChI is InChI=1S/C16H15ClFN3O/c17-12-4-5-14(20-9-12)16(22)21-7-6-19-10-15(21)11-2-1-3-13(18)8-11/h1-5,8-9,15,19H,6-7,10H2. The van der Waals surface area contributed by atoms with E-state index in [9.17, 15) is 9.18 Å². The molecule has 22 heavy (non-hydrogen) atoms. The average molecular weight is 320 g/mol. The lowest BCUT2D eigenvalue weighted by Crippen LogP contribution is -2.48. The zero-order valence-corrected chi connectivity index (χ0v) is 12.6. The van der Waals surface area contributed by atoms with Crippen LogP contribution in [0, 0.1) is 5.82 Å². The molecule has 1 unspecified atom stereocenters. The van der Waals surface area contributed by atoms with Crippen LogP contribution in [0.15, 0.2) is 42.6 Å². The third-order valence-corrected chi connectivity index (χ3v) is 3.91. The largest absolute Gasteiger partial charge is 0.328 e. The molecule has 1 aromatic heterocycles. The first-order valence-corrected chi connectivity index (χ1v) is 7.41. The zero-order chi connectivity index (χ0) is 15.5. The number of aromatic nitrogens is 1. The number of benzene rings is 1. The molecule has 6 heteroatoms. The molecule has 0 bridgehead atoms. The van der Waals surface area contributed by atoms with Crippen molar-refractivity contribution in [1.82, 2.24) is 15.2 Å². The van der Waals surface area contributed by atoms with Crippen LogP contribution in [0.4, 0.5) is 4.39 Å². The predicted octanol–water partition coefficient (Wildman–Crippen LogP) is 2.66. The van der Waals surface area contributed by atoms with Crippen molar-refractivity contribution in [3.05, 3.63) is 64.7 Å². The lowest BCUT2D eigenvalue weighted by molar-refractivity contribution is 0.0628. The van der Waals surface area contributed by atoms with Gasteiger partial charge in [-0.25, -0.2) is 9.37 Å². The van der Waals surface area contributed by atoms with Crippen LogP contribution in [0.25, 0.3) is 0 Å². The quantitative estimate of drug-likeness (QED) is 0.925. The van der Waals surface area contributed by atoms with Gasteiger partial charge in [0, 0.05) is 25.8 Å². The molecule has 1 atom stereocenters. The normalized spacial score (nSPS) is 18.3. The number of pyridine rings is 1. The molecular formula is C16H15ClFN3O. The van der Waals surface area contributed by atoms with E-state index in [0.29, 0.717) is 30.4 Å². The summed E-state index contributed by atoms with van der Waals surface area (Å²) in [6.07, 6.45) is 1.45. The molecule has 1 N–H and O–H groups in total. The zero-order valence-electron chi connectivity index (χ0n) is 11.8. The van der Waals surface area contributed by atoms with Crippen molar-refractivity contribution < 1.29 is 9.18 Å². The minimum absolute atomic E-state index is 0.174. The number of nitrogens with zero attached hydrogens (tertiary/aromatic N) is 2. The molecule has 3 rings (SSSR count). The van der Waals surface area contributed by atoms with Gasteiger partial charge in [0.25, 0.3) is 5.91 Å². The van der Waals surface area contributed by atoms with Crippen LogP contribution in [0.3, 0.4) is 0 Å². The first-order chi connectivity index (χ1) is 10.6. The summed E-state index contributed by atoms with van der Waals surface area (Å²) in [5.74, 6) is -0.479. The Hall–Kier alpha value is -1.98. The van der Waals surface area contributed by atoms with Crippen molar-refractivity contribution in [1.29, 1.82) is 0 Å². The summed E-state index contributed by atoms with van der Waals surface area (Å²) in [6, 6.07) is 9.38. The summed E-state index contributed by atoms with van der Waals surface area (Å²) in [5.41, 5.74) is 1.11. The fourth-order valence-electron chi connectivity index (χ4n) is 2.61. The molecule has 0 saturated carbocycles. The van der Waals surface area contributed by atoms with Crippen LogP contribution in [-0.4, -0.2) is 35.4 Å². The van der Waals surface area contributed by atoms with E-state index in [2.05, 4.69) is 10.3 Å². The van der Waals surface area contributed by atoms with Crippen molar-refractivity contribution in [2.45, 2.75) is 6.04 Å². The molecule has 1 amide bonds. The summed E-state index contributed by atoms with van der Waals surface area (Å²) >= 11 is 5.81. The van der Waals surface area contributed by atoms with E-state index >= 15 is 0 Å². The Morgan fingerprint density at radius 1 is 1.36 bits per heavy atom. The van der Waals surface area contributed by atoms with E-state index in [1.165, 1.54) is 18.3 Å². The first-order valence-electron chi connectivity index (χ1n) is 7.04. The van der Waals surface area contributed by atoms with Gasteiger partial charge in [-0.1, -0.05) is 23.7 Å². The van der Waals surface area contributed by atoms with Gasteiger partial charge in [-0.3, -0.25) is 4.79 Å². The first kappa shape index (κ1) is 14.9. The lowest BCUT2D eigenvalue weighted by Gasteiger charge is -2.36. The van der Waals surface area contributed by atoms with Gasteiger partial charge in [-0.05, 0) is 29.8 Å². The number of hydrogen-bond donors (Lipinski definition) is 1. The van der Waals surface area contributed by atoms with Gasteiger partial charge in [0.2, 0.25) is 0 Å². The summed E-state index contributed by atoms with van der Waals surface area (Å²) in [4.78, 5) is 18.5. The highest BCUT2D eigenvalue weighted by molar-refractivity contribution is 6.30. The predicted molar refractivity (Wildman–Crippen MR) is 82.3 cm³/mol. The molecule has 1 aliphatic rings. The highest BCUT2D eigenvalue weighted by atomic mass is 35.5. The Morgan fingerprint density at radius 2 is 2.23 bits per heavy atom. The third kappa shape index (κ3) is 3.10. The number of rotatable bonds is 2. The maximum atomic E-state index is 13.5. The Labute approximate surface area is 132 Å². The molecule has 1 fully saturated rings. The van der Waals surface area contributed by atoms with Crippen LogP contribution in [0.1, 0.15) is 22.1 Å². The van der Waals surface area contributed by atoms with Gasteiger partial charge < -0.3 is 10.2 Å². The summed E-state index contributed by atoms with van der Waals surface area (Å²) < 4.78 is 13.5. The highest BCUT2D eigenvalue weighted by Gasteiger charge is 2.29. The number of nitrogens with one attached hydrogen (secondary N) is 1. The number of piperazine rings is 1. The molecule has 4 nitrogen and oxygen atoms in total. The molecule has 0 radical (unpaired) electrons. The van der Waals surface area contributed by atoms with Gasteiger partial charge in [0.05, 0.1) is 11.1 Å². The van der Waals surface area contributed by atoms with E-state index in [1.807, 2.05) is 6.07 Å². The van der Waals surface area contributed by atoms with Crippen LogP contribution in [0.2, 0.25) is 5.02 Å². The fourth-order valence-corrected chi connectivity index (χ4v) is 2.72. The monoisotopic (exact) mass is 319 g/mol. The fraction of sp³-hybridized carbons (Fsp3) is 0.250. The molecule has 1 aliphatic heterocycles. The Morgan fingerprint density at radius 3 is 2.95 bits per heavy atom. The third-order valence-electron chi connectivity index (χ3n) is 3.68. The van der Waals surface area contributed by atoms with E-state index in [0.717, 1.165) is 5.56 Å². The maximum Gasteiger partial charge on any atom is 0.273 e. The van der Waals surface area contributed by atoms with Crippen molar-refractivity contribution >= 4 is 17.5 Å². The summed E-state index contributed by atoms with van der Waals surface area (Å²) in [7, 11) is 0. The van der Waals surface area contributed by atoms with Gasteiger partial charge in [0.1, 0.15) is 11.5 Å². The molecule has 2 heterocycles. The van der Waals surface area contributed by atoms with Gasteiger partial charge in [-0.15, -0.1) is 0 Å². The maximum absolute atomic E-state index is 13.5. The van der Waals surface area contributed by atoms with E-state index in [1.54, 1.807) is 23.1 Å². The van der Waals surface area contributed by atoms with Crippen molar-refractivity contribution in [2.75, 3.05) is 19.6 Å². The SMILES string of the molecule is O=C(c1ccc(Cl)cn1)N1CCNCC1c1cccc(F)c1. The minimum Gasteiger partial charge on any atom is -0.328 e. The number of halogens is 2. The molecule has 0 spiro atoms. The smallest absolute Gasteiger partial charge is 0.273 e. The summed E-state index contributed by atoms with van der Waals surface area (Å²) in [5, 5.41) is 3.73. The van der Waals surface area contributed by atoms with Crippen LogP contribution >= 0.6 is 11.6 Å². The summed E-state index contributed by atoms with van der Waals surface area (Å²) in [6.45, 7) is 1.83. The van der Waals surface area contributed by atoms with Gasteiger partial charge in [0.15, 0.2) is 0 Å². The van der Waals surface area contributed by atoms with E-state index in [4.69, 9.17) is 11.6 Å². The van der Waals surface area contributed by atoms with E-state index in [-0.39, 0.29) is 17.8 Å². The average Bonchev–Trinajstić information content (AvgIpc) is 2.55. The van der Waals surface area contributed by atoms with Crippen molar-refractivity contribution in [3.63, 3.8) is 0 Å². The molecule has 2 aromatic rings. The second kappa shape index (κ2) is 6.42. The second-order valence-electron chi connectivity index (χ2n) is 5.14. The molecular weight excluding hydrogens is 305 g/mol. The second-order valence-corrected chi connectivity index (χ2v) is 5.57. The Balaban J connectivity index is 1.89. The lowest BCUT2D eigenvalue weighted by atomic mass is 10.0. The van der Waals surface area contributed by atoms with Crippen LogP contribution in [0.5, 0.6) is 0 Å². The van der Waals surface area contributed by atoms with Gasteiger partial charge in [-0.2, -0.15) is 0 Å². The van der Waals surface area contributed by atoms with Crippen molar-refractivity contribution in [3.8, 4) is 0 Å². The number of hydrogen-bond acceptors (Lipinski definition) is 3. The van der Waals surface area contributed by atoms with Crippen molar-refractivity contribution in [2.24, 2.45) is 0 Å². The van der Waals surface area contributed by atoms with Crippen LogP contribution < -0.4 is 5.32 Å². The Kier molecular flexibility index (Phi) is 4.36. The van der Waals surface area contributed by atoms with E-state index < -0.39 is 0 Å². The molecule has 1 aromatic carbocycles. The number of amides is 1. The molecule has 1 saturated heterocycles. The highest BCUT2D eigenvalue weighted by Crippen LogP contribution is 2.24. The topological polar surface area (TPSA) is 45.2 Å². The van der Waals surface area contributed by atoms with Gasteiger partial charge >= 0.3 is 0 Å². The van der Waals surface area contributed by atoms with Crippen LogP contribution in [-0.2, 0) is 0 Å². The molecule has 114 valence electrons. The minimum atomic E-state index is -0.305. The number of carbonyl (C=O) groups is 1. The number of carbonyl (C=O) groups excluding carboxylic acids is 1. The Bertz CT molecular complexity index is 677.